The fourth-order valence-electron chi connectivity index (χ4n) is 3.38. The van der Waals surface area contributed by atoms with E-state index in [0.717, 1.165) is 12.8 Å². The van der Waals surface area contributed by atoms with E-state index in [1.165, 1.54) is 22.5 Å². The van der Waals surface area contributed by atoms with Crippen molar-refractivity contribution in [3.05, 3.63) is 83.4 Å². The van der Waals surface area contributed by atoms with Crippen molar-refractivity contribution in [1.82, 2.24) is 4.31 Å². The minimum Gasteiger partial charge on any atom is -0.455 e. The zero-order chi connectivity index (χ0) is 21.8. The van der Waals surface area contributed by atoms with Crippen molar-refractivity contribution in [2.45, 2.75) is 17.7 Å². The van der Waals surface area contributed by atoms with Gasteiger partial charge in [0.15, 0.2) is 5.75 Å². The van der Waals surface area contributed by atoms with Crippen LogP contribution in [-0.2, 0) is 10.0 Å². The number of carbonyl (C=O) groups excluding carboxylic acids is 1. The topological polar surface area (TPSA) is 75.7 Å². The number of para-hydroxylation sites is 3. The van der Waals surface area contributed by atoms with Crippen LogP contribution in [0.25, 0.3) is 0 Å². The van der Waals surface area contributed by atoms with E-state index in [0.29, 0.717) is 30.3 Å². The van der Waals surface area contributed by atoms with Crippen LogP contribution in [0.4, 0.5) is 5.69 Å². The first kappa shape index (κ1) is 21.4. The fraction of sp³-hybridized carbons (Fsp3) is 0.174. The van der Waals surface area contributed by atoms with E-state index in [9.17, 15) is 13.2 Å². The zero-order valence-corrected chi connectivity index (χ0v) is 18.2. The third-order valence-electron chi connectivity index (χ3n) is 4.98. The SMILES string of the molecule is O=C(Nc1ccccc1Oc1ccccc1)c1ccc(Cl)c(S(=O)(=O)N2CCCC2)c1. The average molecular weight is 457 g/mol. The summed E-state index contributed by atoms with van der Waals surface area (Å²) in [5.41, 5.74) is 0.659. The molecule has 0 atom stereocenters. The predicted molar refractivity (Wildman–Crippen MR) is 120 cm³/mol. The maximum atomic E-state index is 12.9. The van der Waals surface area contributed by atoms with Crippen LogP contribution in [0.15, 0.2) is 77.7 Å². The van der Waals surface area contributed by atoms with Gasteiger partial charge >= 0.3 is 0 Å². The van der Waals surface area contributed by atoms with Crippen molar-refractivity contribution in [2.75, 3.05) is 18.4 Å². The number of rotatable bonds is 6. The predicted octanol–water partition coefficient (Wildman–Crippen LogP) is 5.17. The largest absolute Gasteiger partial charge is 0.455 e. The quantitative estimate of drug-likeness (QED) is 0.555. The second kappa shape index (κ2) is 9.09. The van der Waals surface area contributed by atoms with Gasteiger partial charge in [-0.1, -0.05) is 41.9 Å². The van der Waals surface area contributed by atoms with E-state index in [1.807, 2.05) is 30.3 Å². The first-order valence-electron chi connectivity index (χ1n) is 9.88. The lowest BCUT2D eigenvalue weighted by molar-refractivity contribution is 0.102. The van der Waals surface area contributed by atoms with Crippen LogP contribution in [-0.4, -0.2) is 31.7 Å². The van der Waals surface area contributed by atoms with Gasteiger partial charge in [0.25, 0.3) is 5.91 Å². The summed E-state index contributed by atoms with van der Waals surface area (Å²) in [5, 5.41) is 2.89. The van der Waals surface area contributed by atoms with E-state index in [4.69, 9.17) is 16.3 Å². The van der Waals surface area contributed by atoms with Gasteiger partial charge in [-0.05, 0) is 55.3 Å². The molecule has 0 aliphatic carbocycles. The Morgan fingerprint density at radius 2 is 1.61 bits per heavy atom. The number of hydrogen-bond donors (Lipinski definition) is 1. The Morgan fingerprint density at radius 3 is 2.35 bits per heavy atom. The molecule has 160 valence electrons. The van der Waals surface area contributed by atoms with Crippen LogP contribution in [0.1, 0.15) is 23.2 Å². The highest BCUT2D eigenvalue weighted by atomic mass is 35.5. The van der Waals surface area contributed by atoms with Crippen molar-refractivity contribution in [3.8, 4) is 11.5 Å². The first-order chi connectivity index (χ1) is 14.9. The van der Waals surface area contributed by atoms with Crippen LogP contribution in [0.2, 0.25) is 5.02 Å². The Kier molecular flexibility index (Phi) is 6.27. The highest BCUT2D eigenvalue weighted by molar-refractivity contribution is 7.89. The third kappa shape index (κ3) is 4.74. The standard InChI is InChI=1S/C23H21ClN2O4S/c24-19-13-12-17(16-22(19)31(28,29)26-14-6-7-15-26)23(27)25-20-10-4-5-11-21(20)30-18-8-2-1-3-9-18/h1-5,8-13,16H,6-7,14-15H2,(H,25,27). The normalized spacial score (nSPS) is 14.4. The molecule has 1 amide bonds. The number of halogens is 1. The molecule has 0 radical (unpaired) electrons. The third-order valence-corrected chi connectivity index (χ3v) is 7.36. The van der Waals surface area contributed by atoms with Crippen LogP contribution < -0.4 is 10.1 Å². The molecular weight excluding hydrogens is 436 g/mol. The molecule has 4 rings (SSSR count). The van der Waals surface area contributed by atoms with Crippen molar-refractivity contribution in [2.24, 2.45) is 0 Å². The second-order valence-corrected chi connectivity index (χ2v) is 9.44. The summed E-state index contributed by atoms with van der Waals surface area (Å²) in [6.07, 6.45) is 1.63. The summed E-state index contributed by atoms with van der Waals surface area (Å²) in [6, 6.07) is 20.5. The van der Waals surface area contributed by atoms with Gasteiger partial charge in [-0.3, -0.25) is 4.79 Å². The number of hydrogen-bond acceptors (Lipinski definition) is 4. The molecule has 0 bridgehead atoms. The number of carbonyl (C=O) groups is 1. The number of nitrogens with zero attached hydrogens (tertiary/aromatic N) is 1. The fourth-order valence-corrected chi connectivity index (χ4v) is 5.40. The number of anilines is 1. The van der Waals surface area contributed by atoms with Gasteiger partial charge in [0, 0.05) is 18.7 Å². The molecule has 0 spiro atoms. The maximum absolute atomic E-state index is 12.9. The van der Waals surface area contributed by atoms with Gasteiger partial charge in [-0.2, -0.15) is 4.31 Å². The number of amides is 1. The van der Waals surface area contributed by atoms with Crippen LogP contribution in [0, 0.1) is 0 Å². The van der Waals surface area contributed by atoms with Gasteiger partial charge in [0.05, 0.1) is 10.7 Å². The number of nitrogens with one attached hydrogen (secondary N) is 1. The van der Waals surface area contributed by atoms with Crippen LogP contribution in [0.3, 0.4) is 0 Å². The summed E-state index contributed by atoms with van der Waals surface area (Å²) in [4.78, 5) is 12.9. The lowest BCUT2D eigenvalue weighted by Gasteiger charge is -2.17. The molecule has 31 heavy (non-hydrogen) atoms. The van der Waals surface area contributed by atoms with Crippen molar-refractivity contribution < 1.29 is 17.9 Å². The van der Waals surface area contributed by atoms with Crippen molar-refractivity contribution in [3.63, 3.8) is 0 Å². The summed E-state index contributed by atoms with van der Waals surface area (Å²) < 4.78 is 33.1. The summed E-state index contributed by atoms with van der Waals surface area (Å²) >= 11 is 6.18. The van der Waals surface area contributed by atoms with Crippen LogP contribution >= 0.6 is 11.6 Å². The molecule has 0 aromatic heterocycles. The molecule has 1 heterocycles. The molecule has 1 fully saturated rings. The van der Waals surface area contributed by atoms with E-state index in [2.05, 4.69) is 5.32 Å². The average Bonchev–Trinajstić information content (AvgIpc) is 3.32. The minimum atomic E-state index is -3.75. The number of sulfonamides is 1. The molecule has 0 unspecified atom stereocenters. The molecule has 1 N–H and O–H groups in total. The van der Waals surface area contributed by atoms with E-state index in [-0.39, 0.29) is 15.5 Å². The van der Waals surface area contributed by atoms with E-state index in [1.54, 1.807) is 24.3 Å². The highest BCUT2D eigenvalue weighted by Crippen LogP contribution is 2.31. The van der Waals surface area contributed by atoms with E-state index >= 15 is 0 Å². The minimum absolute atomic E-state index is 0.0578. The van der Waals surface area contributed by atoms with E-state index < -0.39 is 15.9 Å². The van der Waals surface area contributed by atoms with Gasteiger partial charge in [-0.15, -0.1) is 0 Å². The Balaban J connectivity index is 1.59. The first-order valence-corrected chi connectivity index (χ1v) is 11.7. The van der Waals surface area contributed by atoms with Crippen molar-refractivity contribution >= 4 is 33.2 Å². The molecule has 3 aromatic rings. The number of ether oxygens (including phenoxy) is 1. The highest BCUT2D eigenvalue weighted by Gasteiger charge is 2.29. The second-order valence-electron chi connectivity index (χ2n) is 7.12. The Morgan fingerprint density at radius 1 is 0.935 bits per heavy atom. The monoisotopic (exact) mass is 456 g/mol. The molecule has 1 aliphatic heterocycles. The summed E-state index contributed by atoms with van der Waals surface area (Å²) in [7, 11) is -3.75. The Hall–Kier alpha value is -2.87. The smallest absolute Gasteiger partial charge is 0.255 e. The lowest BCUT2D eigenvalue weighted by atomic mass is 10.2. The van der Waals surface area contributed by atoms with Gasteiger partial charge in [0.1, 0.15) is 10.6 Å². The molecule has 6 nitrogen and oxygen atoms in total. The molecule has 8 heteroatoms. The number of benzene rings is 3. The van der Waals surface area contributed by atoms with Crippen LogP contribution in [0.5, 0.6) is 11.5 Å². The van der Waals surface area contributed by atoms with Gasteiger partial charge in [0.2, 0.25) is 10.0 Å². The summed E-state index contributed by atoms with van der Waals surface area (Å²) in [5.74, 6) is 0.647. The maximum Gasteiger partial charge on any atom is 0.255 e. The molecule has 1 saturated heterocycles. The van der Waals surface area contributed by atoms with Crippen molar-refractivity contribution in [1.29, 1.82) is 0 Å². The molecule has 0 saturated carbocycles. The van der Waals surface area contributed by atoms with Gasteiger partial charge < -0.3 is 10.1 Å². The molecule has 1 aliphatic rings. The molecule has 3 aromatic carbocycles. The molecular formula is C23H21ClN2O4S. The summed E-state index contributed by atoms with van der Waals surface area (Å²) in [6.45, 7) is 0.915. The Bertz CT molecular complexity index is 1190. The zero-order valence-electron chi connectivity index (χ0n) is 16.6. The Labute approximate surface area is 186 Å². The lowest BCUT2D eigenvalue weighted by Crippen LogP contribution is -2.28. The van der Waals surface area contributed by atoms with Gasteiger partial charge in [-0.25, -0.2) is 8.42 Å².